The molecule has 0 saturated carbocycles. The van der Waals surface area contributed by atoms with Gasteiger partial charge in [0.1, 0.15) is 17.5 Å². The van der Waals surface area contributed by atoms with E-state index in [0.29, 0.717) is 24.5 Å². The summed E-state index contributed by atoms with van der Waals surface area (Å²) >= 11 is 0. The first kappa shape index (κ1) is 36.7. The second-order valence-electron chi connectivity index (χ2n) is 10.5. The van der Waals surface area contributed by atoms with E-state index in [1.807, 2.05) is 0 Å². The van der Waals surface area contributed by atoms with Gasteiger partial charge in [0.2, 0.25) is 0 Å². The number of carbonyl (C=O) groups is 2. The van der Waals surface area contributed by atoms with E-state index in [2.05, 4.69) is 22.5 Å². The summed E-state index contributed by atoms with van der Waals surface area (Å²) in [6, 6.07) is 9.47. The largest absolute Gasteiger partial charge is 0.481 e. The maximum absolute atomic E-state index is 12.8. The highest BCUT2D eigenvalue weighted by atomic mass is 19.1. The van der Waals surface area contributed by atoms with E-state index < -0.39 is 12.1 Å². The van der Waals surface area contributed by atoms with Gasteiger partial charge in [0.05, 0.1) is 12.3 Å². The maximum Gasteiger partial charge on any atom is 0.411 e. The molecule has 9 heteroatoms. The molecule has 0 fully saturated rings. The fourth-order valence-electron chi connectivity index (χ4n) is 4.40. The summed E-state index contributed by atoms with van der Waals surface area (Å²) in [6.45, 7) is 4.74. The molecule has 8 nitrogen and oxygen atoms in total. The summed E-state index contributed by atoms with van der Waals surface area (Å²) in [5.41, 5.74) is 7.08. The highest BCUT2D eigenvalue weighted by molar-refractivity contribution is 5.88. The molecule has 0 spiro atoms. The minimum absolute atomic E-state index is 0.178. The van der Waals surface area contributed by atoms with Crippen LogP contribution in [0.5, 0.6) is 0 Å². The van der Waals surface area contributed by atoms with Crippen molar-refractivity contribution in [1.82, 2.24) is 4.98 Å². The predicted octanol–water partition coefficient (Wildman–Crippen LogP) is 9.32. The van der Waals surface area contributed by atoms with Crippen LogP contribution in [0.2, 0.25) is 0 Å². The maximum atomic E-state index is 12.8. The summed E-state index contributed by atoms with van der Waals surface area (Å²) in [4.78, 5) is 25.8. The monoisotopic (exact) mass is 588 g/mol. The Hall–Kier alpha value is -3.36. The number of aromatic nitrogens is 1. The quantitative estimate of drug-likeness (QED) is 0.107. The normalized spacial score (nSPS) is 10.5. The molecule has 0 radical (unpaired) electrons. The fraction of sp³-hybridized carbons (Fsp3) is 0.606. The SMILES string of the molecule is CCCCCCCCCCCCCCCCCC(=O)O.CCOC(=O)Nc1ccc(NCc2ccc(F)cc2)nc1N. The number of pyridine rings is 1. The number of carbonyl (C=O) groups excluding carboxylic acids is 1. The molecule has 1 aromatic heterocycles. The Morgan fingerprint density at radius 1 is 0.810 bits per heavy atom. The number of nitrogens with zero attached hydrogens (tertiary/aromatic N) is 1. The lowest BCUT2D eigenvalue weighted by molar-refractivity contribution is -0.137. The molecular formula is C33H53FN4O4. The summed E-state index contributed by atoms with van der Waals surface area (Å²) in [7, 11) is 0. The van der Waals surface area contributed by atoms with Gasteiger partial charge in [0, 0.05) is 13.0 Å². The average molecular weight is 589 g/mol. The molecule has 0 saturated heterocycles. The lowest BCUT2D eigenvalue weighted by atomic mass is 10.0. The number of halogens is 1. The van der Waals surface area contributed by atoms with E-state index in [-0.39, 0.29) is 18.2 Å². The van der Waals surface area contributed by atoms with Crippen molar-refractivity contribution in [2.24, 2.45) is 0 Å². The van der Waals surface area contributed by atoms with Crippen molar-refractivity contribution in [2.75, 3.05) is 23.0 Å². The van der Waals surface area contributed by atoms with Crippen LogP contribution in [0.4, 0.5) is 26.5 Å². The molecule has 1 amide bonds. The molecule has 236 valence electrons. The predicted molar refractivity (Wildman–Crippen MR) is 170 cm³/mol. The minimum atomic E-state index is -0.653. The number of carboxylic acids is 1. The van der Waals surface area contributed by atoms with Crippen LogP contribution in [-0.4, -0.2) is 28.8 Å². The highest BCUT2D eigenvalue weighted by Crippen LogP contribution is 2.19. The molecule has 0 atom stereocenters. The third kappa shape index (κ3) is 19.7. The number of nitrogens with one attached hydrogen (secondary N) is 2. The summed E-state index contributed by atoms with van der Waals surface area (Å²) in [6.07, 6.45) is 19.6. The highest BCUT2D eigenvalue weighted by Gasteiger charge is 2.07. The van der Waals surface area contributed by atoms with Crippen LogP contribution in [0.25, 0.3) is 0 Å². The van der Waals surface area contributed by atoms with Gasteiger partial charge in [-0.1, -0.05) is 109 Å². The van der Waals surface area contributed by atoms with Crippen molar-refractivity contribution in [1.29, 1.82) is 0 Å². The topological polar surface area (TPSA) is 127 Å². The molecule has 1 heterocycles. The third-order valence-electron chi connectivity index (χ3n) is 6.82. The number of carboxylic acid groups (broad SMARTS) is 1. The van der Waals surface area contributed by atoms with E-state index in [1.165, 1.54) is 95.6 Å². The number of nitrogens with two attached hydrogens (primary N) is 1. The van der Waals surface area contributed by atoms with Crippen LogP contribution >= 0.6 is 0 Å². The van der Waals surface area contributed by atoms with Crippen LogP contribution in [0, 0.1) is 5.82 Å². The van der Waals surface area contributed by atoms with Crippen molar-refractivity contribution in [2.45, 2.75) is 123 Å². The number of hydrogen-bond acceptors (Lipinski definition) is 6. The Labute approximate surface area is 252 Å². The number of anilines is 3. The number of rotatable bonds is 21. The Morgan fingerprint density at radius 3 is 1.81 bits per heavy atom. The van der Waals surface area contributed by atoms with Gasteiger partial charge < -0.3 is 20.9 Å². The van der Waals surface area contributed by atoms with Gasteiger partial charge in [-0.15, -0.1) is 0 Å². The van der Waals surface area contributed by atoms with Crippen LogP contribution < -0.4 is 16.4 Å². The molecule has 0 aliphatic carbocycles. The Bertz CT molecular complexity index is 989. The molecular weight excluding hydrogens is 535 g/mol. The van der Waals surface area contributed by atoms with E-state index in [1.54, 1.807) is 31.2 Å². The van der Waals surface area contributed by atoms with Crippen LogP contribution in [0.3, 0.4) is 0 Å². The molecule has 0 unspecified atom stereocenters. The zero-order valence-corrected chi connectivity index (χ0v) is 25.8. The average Bonchev–Trinajstić information content (AvgIpc) is 2.96. The van der Waals surface area contributed by atoms with Crippen molar-refractivity contribution in [3.63, 3.8) is 0 Å². The lowest BCUT2D eigenvalue weighted by Crippen LogP contribution is -2.15. The Morgan fingerprint density at radius 2 is 1.33 bits per heavy atom. The van der Waals surface area contributed by atoms with Crippen LogP contribution in [-0.2, 0) is 16.1 Å². The number of hydrogen-bond donors (Lipinski definition) is 4. The number of benzene rings is 1. The van der Waals surface area contributed by atoms with Gasteiger partial charge in [-0.3, -0.25) is 10.1 Å². The Balaban J connectivity index is 0.000000423. The number of nitrogen functional groups attached to an aromatic ring is 1. The summed E-state index contributed by atoms with van der Waals surface area (Å²) in [5.74, 6) is -0.200. The molecule has 2 rings (SSSR count). The van der Waals surface area contributed by atoms with E-state index in [0.717, 1.165) is 18.4 Å². The van der Waals surface area contributed by atoms with Gasteiger partial charge in [-0.2, -0.15) is 0 Å². The summed E-state index contributed by atoms with van der Waals surface area (Å²) in [5, 5.41) is 14.1. The molecule has 0 aliphatic heterocycles. The van der Waals surface area contributed by atoms with Crippen LogP contribution in [0.15, 0.2) is 36.4 Å². The Kier molecular flexibility index (Phi) is 21.2. The molecule has 0 aliphatic rings. The number of unbranched alkanes of at least 4 members (excludes halogenated alkanes) is 14. The first-order valence-electron chi connectivity index (χ1n) is 15.8. The molecule has 42 heavy (non-hydrogen) atoms. The van der Waals surface area contributed by atoms with E-state index in [9.17, 15) is 14.0 Å². The van der Waals surface area contributed by atoms with E-state index >= 15 is 0 Å². The summed E-state index contributed by atoms with van der Waals surface area (Å²) < 4.78 is 17.6. The molecule has 0 bridgehead atoms. The van der Waals surface area contributed by atoms with Crippen molar-refractivity contribution in [3.05, 3.63) is 47.8 Å². The first-order valence-corrected chi connectivity index (χ1v) is 15.8. The zero-order valence-electron chi connectivity index (χ0n) is 25.8. The van der Waals surface area contributed by atoms with Crippen molar-refractivity contribution >= 4 is 29.4 Å². The molecule has 5 N–H and O–H groups in total. The molecule has 2 aromatic rings. The number of amides is 1. The minimum Gasteiger partial charge on any atom is -0.481 e. The van der Waals surface area contributed by atoms with Gasteiger partial charge >= 0.3 is 12.1 Å². The van der Waals surface area contributed by atoms with Gasteiger partial charge in [-0.05, 0) is 43.2 Å². The van der Waals surface area contributed by atoms with Gasteiger partial charge in [-0.25, -0.2) is 14.2 Å². The number of ether oxygens (including phenoxy) is 1. The second kappa shape index (κ2) is 24.3. The fourth-order valence-corrected chi connectivity index (χ4v) is 4.40. The van der Waals surface area contributed by atoms with Gasteiger partial charge in [0.15, 0.2) is 0 Å². The standard InChI is InChI=1S/C18H36O2.C15H17FN4O2/c1-2-3-4-5-6-7-8-9-10-11-12-13-14-15-16-17-18(19)20;1-2-22-15(21)19-12-7-8-13(20-14(12)17)18-9-10-3-5-11(16)6-4-10/h2-17H2,1H3,(H,19,20);3-8H,2,9H2,1H3,(H,19,21)(H3,17,18,20). The smallest absolute Gasteiger partial charge is 0.411 e. The lowest BCUT2D eigenvalue weighted by Gasteiger charge is -2.10. The van der Waals surface area contributed by atoms with Gasteiger partial charge in [0.25, 0.3) is 0 Å². The van der Waals surface area contributed by atoms with E-state index in [4.69, 9.17) is 15.6 Å². The van der Waals surface area contributed by atoms with Crippen molar-refractivity contribution < 1.29 is 23.8 Å². The molecule has 1 aromatic carbocycles. The van der Waals surface area contributed by atoms with Crippen molar-refractivity contribution in [3.8, 4) is 0 Å². The number of aliphatic carboxylic acids is 1. The third-order valence-corrected chi connectivity index (χ3v) is 6.82. The van der Waals surface area contributed by atoms with Crippen LogP contribution in [0.1, 0.15) is 122 Å². The second-order valence-corrected chi connectivity index (χ2v) is 10.5. The first-order chi connectivity index (χ1) is 20.3. The zero-order chi connectivity index (χ0) is 30.8.